The maximum atomic E-state index is 12.1. The maximum absolute atomic E-state index is 12.1. The van der Waals surface area contributed by atoms with Crippen molar-refractivity contribution in [3.63, 3.8) is 0 Å². The van der Waals surface area contributed by atoms with E-state index in [0.717, 1.165) is 38.5 Å². The molecule has 3 N–H and O–H groups in total. The second-order valence-electron chi connectivity index (χ2n) is 17.9. The first kappa shape index (κ1) is 59.0. The summed E-state index contributed by atoms with van der Waals surface area (Å²) in [6, 6.07) is 0. The van der Waals surface area contributed by atoms with E-state index >= 15 is 0 Å². The second kappa shape index (κ2) is 47.5. The van der Waals surface area contributed by atoms with E-state index in [4.69, 9.17) is 13.8 Å². The molecule has 0 aromatic heterocycles. The number of ether oxygens (including phenoxy) is 1. The van der Waals surface area contributed by atoms with E-state index in [2.05, 4.69) is 19.2 Å². The number of phosphoric acid groups is 1. The van der Waals surface area contributed by atoms with Crippen LogP contribution in [0.3, 0.4) is 0 Å². The quantitative estimate of drug-likeness (QED) is 0.0313. The summed E-state index contributed by atoms with van der Waals surface area (Å²) in [7, 11) is -4.41. The maximum Gasteiger partial charge on any atom is 0.472 e. The van der Waals surface area contributed by atoms with Crippen molar-refractivity contribution >= 4 is 19.7 Å². The molecule has 60 heavy (non-hydrogen) atoms. The highest BCUT2D eigenvalue weighted by molar-refractivity contribution is 7.47. The minimum Gasteiger partial charge on any atom is -0.463 e. The van der Waals surface area contributed by atoms with Gasteiger partial charge in [0.15, 0.2) is 0 Å². The Morgan fingerprint density at radius 1 is 0.450 bits per heavy atom. The molecule has 0 saturated heterocycles. The summed E-state index contributed by atoms with van der Waals surface area (Å²) in [6.07, 6.45) is 50.4. The third kappa shape index (κ3) is 48.0. The number of amides is 1. The first-order valence-electron chi connectivity index (χ1n) is 26.0. The highest BCUT2D eigenvalue weighted by Gasteiger charge is 2.23. The third-order valence-corrected chi connectivity index (χ3v) is 12.8. The van der Waals surface area contributed by atoms with E-state index < -0.39 is 26.5 Å². The molecular formula is C50H100NO8P. The zero-order chi connectivity index (χ0) is 43.9. The van der Waals surface area contributed by atoms with Gasteiger partial charge in [0.05, 0.1) is 13.2 Å². The van der Waals surface area contributed by atoms with Crippen LogP contribution in [0.4, 0.5) is 0 Å². The summed E-state index contributed by atoms with van der Waals surface area (Å²) in [6.45, 7) is 3.63. The zero-order valence-electron chi connectivity index (χ0n) is 39.7. The van der Waals surface area contributed by atoms with Gasteiger partial charge in [-0.25, -0.2) is 4.57 Å². The molecule has 0 saturated carbocycles. The van der Waals surface area contributed by atoms with Crippen LogP contribution in [0.15, 0.2) is 0 Å². The van der Waals surface area contributed by atoms with Crippen molar-refractivity contribution in [2.75, 3.05) is 26.4 Å². The number of unbranched alkanes of at least 4 members (excludes halogenated alkanes) is 37. The Bertz CT molecular complexity index is 953. The molecule has 2 atom stereocenters. The summed E-state index contributed by atoms with van der Waals surface area (Å²) >= 11 is 0. The lowest BCUT2D eigenvalue weighted by Crippen LogP contribution is -2.27. The lowest BCUT2D eigenvalue weighted by atomic mass is 10.0. The number of hydrogen-bond acceptors (Lipinski definition) is 7. The van der Waals surface area contributed by atoms with Crippen LogP contribution in [0.1, 0.15) is 277 Å². The molecule has 0 aliphatic heterocycles. The van der Waals surface area contributed by atoms with Crippen molar-refractivity contribution in [1.82, 2.24) is 5.32 Å². The smallest absolute Gasteiger partial charge is 0.463 e. The molecule has 0 aliphatic rings. The van der Waals surface area contributed by atoms with E-state index in [9.17, 15) is 24.2 Å². The second-order valence-corrected chi connectivity index (χ2v) is 19.3. The van der Waals surface area contributed by atoms with Crippen LogP contribution in [0.2, 0.25) is 0 Å². The Morgan fingerprint density at radius 3 is 1.08 bits per heavy atom. The Morgan fingerprint density at radius 2 is 0.750 bits per heavy atom. The number of aliphatic hydroxyl groups is 1. The molecule has 0 aromatic rings. The predicted octanol–water partition coefficient (Wildman–Crippen LogP) is 15.2. The van der Waals surface area contributed by atoms with Gasteiger partial charge in [-0.05, 0) is 12.8 Å². The van der Waals surface area contributed by atoms with Crippen LogP contribution in [0.25, 0.3) is 0 Å². The summed E-state index contributed by atoms with van der Waals surface area (Å²) in [4.78, 5) is 34.1. The molecule has 0 heterocycles. The molecule has 0 rings (SSSR count). The average molecular weight is 874 g/mol. The highest BCUT2D eigenvalue weighted by Crippen LogP contribution is 2.42. The molecule has 10 heteroatoms. The van der Waals surface area contributed by atoms with Gasteiger partial charge < -0.3 is 20.1 Å². The van der Waals surface area contributed by atoms with Gasteiger partial charge in [-0.15, -0.1) is 0 Å². The first-order chi connectivity index (χ1) is 29.3. The Kier molecular flexibility index (Phi) is 46.7. The van der Waals surface area contributed by atoms with Gasteiger partial charge in [0, 0.05) is 19.4 Å². The van der Waals surface area contributed by atoms with Crippen molar-refractivity contribution in [3.05, 3.63) is 0 Å². The molecule has 0 aliphatic carbocycles. The monoisotopic (exact) mass is 874 g/mol. The lowest BCUT2D eigenvalue weighted by molar-refractivity contribution is -0.147. The number of hydrogen-bond donors (Lipinski definition) is 3. The van der Waals surface area contributed by atoms with Gasteiger partial charge >= 0.3 is 13.8 Å². The Hall–Kier alpha value is -0.990. The van der Waals surface area contributed by atoms with E-state index in [1.54, 1.807) is 0 Å². The molecule has 0 spiro atoms. The molecule has 1 amide bonds. The fraction of sp³-hybridized carbons (Fsp3) is 0.960. The third-order valence-electron chi connectivity index (χ3n) is 11.8. The number of carbonyl (C=O) groups is 2. The molecule has 0 fully saturated rings. The summed E-state index contributed by atoms with van der Waals surface area (Å²) in [5.74, 6) is -0.498. The molecule has 0 radical (unpaired) electrons. The minimum atomic E-state index is -4.41. The van der Waals surface area contributed by atoms with Crippen LogP contribution < -0.4 is 5.32 Å². The summed E-state index contributed by atoms with van der Waals surface area (Å²) in [5.41, 5.74) is 0. The number of esters is 1. The number of aliphatic hydroxyl groups excluding tert-OH is 1. The van der Waals surface area contributed by atoms with Gasteiger partial charge in [0.1, 0.15) is 12.7 Å². The van der Waals surface area contributed by atoms with Crippen molar-refractivity contribution in [1.29, 1.82) is 0 Å². The predicted molar refractivity (Wildman–Crippen MR) is 252 cm³/mol. The van der Waals surface area contributed by atoms with Crippen LogP contribution in [-0.4, -0.2) is 54.3 Å². The summed E-state index contributed by atoms with van der Waals surface area (Å²) < 4.78 is 27.0. The SMILES string of the molecule is CCCCCCCCCCCCCCCCCCCCCCCCC(=O)OCC(O)COP(=O)(O)OCCNC(=O)CCCCCCCCCCCCCCCCCCC. The largest absolute Gasteiger partial charge is 0.472 e. The molecule has 0 bridgehead atoms. The normalized spacial score (nSPS) is 13.1. The molecule has 9 nitrogen and oxygen atoms in total. The fourth-order valence-electron chi connectivity index (χ4n) is 7.86. The number of nitrogens with one attached hydrogen (secondary N) is 1. The number of rotatable bonds is 50. The molecule has 358 valence electrons. The van der Waals surface area contributed by atoms with Crippen molar-refractivity contribution in [2.45, 2.75) is 283 Å². The zero-order valence-corrected chi connectivity index (χ0v) is 40.6. The van der Waals surface area contributed by atoms with Crippen molar-refractivity contribution in [2.24, 2.45) is 0 Å². The lowest BCUT2D eigenvalue weighted by Gasteiger charge is -2.15. The van der Waals surface area contributed by atoms with E-state index in [0.29, 0.717) is 12.8 Å². The van der Waals surface area contributed by atoms with Crippen molar-refractivity contribution in [3.8, 4) is 0 Å². The molecule has 2 unspecified atom stereocenters. The number of phosphoric ester groups is 1. The van der Waals surface area contributed by atoms with E-state index in [1.165, 1.54) is 212 Å². The van der Waals surface area contributed by atoms with E-state index in [-0.39, 0.29) is 25.7 Å². The minimum absolute atomic E-state index is 0.0887. The molecule has 0 aromatic carbocycles. The highest BCUT2D eigenvalue weighted by atomic mass is 31.2. The van der Waals surface area contributed by atoms with Crippen LogP contribution in [0.5, 0.6) is 0 Å². The number of carbonyl (C=O) groups excluding carboxylic acids is 2. The first-order valence-corrected chi connectivity index (χ1v) is 27.5. The van der Waals surface area contributed by atoms with Gasteiger partial charge in [-0.3, -0.25) is 18.6 Å². The summed E-state index contributed by atoms with van der Waals surface area (Å²) in [5, 5.41) is 12.8. The van der Waals surface area contributed by atoms with Gasteiger partial charge in [-0.2, -0.15) is 0 Å². The Labute approximate surface area is 371 Å². The topological polar surface area (TPSA) is 131 Å². The van der Waals surface area contributed by atoms with Gasteiger partial charge in [0.25, 0.3) is 0 Å². The van der Waals surface area contributed by atoms with Crippen LogP contribution >= 0.6 is 7.82 Å². The van der Waals surface area contributed by atoms with Crippen molar-refractivity contribution < 1.29 is 37.9 Å². The van der Waals surface area contributed by atoms with Crippen LogP contribution in [0, 0.1) is 0 Å². The van der Waals surface area contributed by atoms with Gasteiger partial charge in [-0.1, -0.05) is 251 Å². The Balaban J connectivity index is 3.49. The van der Waals surface area contributed by atoms with E-state index in [1.807, 2.05) is 0 Å². The van der Waals surface area contributed by atoms with Gasteiger partial charge in [0.2, 0.25) is 5.91 Å². The molecular weight excluding hydrogens is 774 g/mol. The van der Waals surface area contributed by atoms with Crippen LogP contribution in [-0.2, 0) is 27.9 Å². The fourth-order valence-corrected chi connectivity index (χ4v) is 8.61. The standard InChI is InChI=1S/C50H100NO8P/c1-3-5-7-9-11-13-15-17-19-21-22-23-24-25-27-29-31-33-35-37-39-41-43-50(54)57-46-48(52)47-59-60(55,56)58-45-44-51-49(53)42-40-38-36-34-32-30-28-26-20-18-16-14-12-10-8-6-4-2/h48,52H,3-47H2,1-2H3,(H,51,53)(H,55,56). The average Bonchev–Trinajstić information content (AvgIpc) is 3.23.